The Hall–Kier alpha value is 0.570. The second-order valence-corrected chi connectivity index (χ2v) is 4.10. The van der Waals surface area contributed by atoms with E-state index in [2.05, 4.69) is 22.6 Å². The van der Waals surface area contributed by atoms with Crippen LogP contribution in [0.25, 0.3) is 0 Å². The summed E-state index contributed by atoms with van der Waals surface area (Å²) in [7, 11) is 0. The predicted octanol–water partition coefficient (Wildman–Crippen LogP) is -0.707. The summed E-state index contributed by atoms with van der Waals surface area (Å²) >= 11 is 2.07. The van der Waals surface area contributed by atoms with Gasteiger partial charge in [0.05, 0.1) is 12.7 Å². The maximum Gasteiger partial charge on any atom is 0.117 e. The fourth-order valence-corrected chi connectivity index (χ4v) is 2.00. The van der Waals surface area contributed by atoms with Gasteiger partial charge in [-0.05, 0) is 6.92 Å². The van der Waals surface area contributed by atoms with Crippen molar-refractivity contribution >= 4 is 22.6 Å². The van der Waals surface area contributed by atoms with E-state index in [1.54, 1.807) is 6.92 Å². The first-order valence-corrected chi connectivity index (χ1v) is 5.28. The van der Waals surface area contributed by atoms with Crippen LogP contribution < -0.4 is 0 Å². The smallest absolute Gasteiger partial charge is 0.117 e. The highest BCUT2D eigenvalue weighted by molar-refractivity contribution is 14.1. The van der Waals surface area contributed by atoms with Gasteiger partial charge in [0.1, 0.15) is 17.8 Å². The van der Waals surface area contributed by atoms with Crippen molar-refractivity contribution < 1.29 is 20.1 Å². The SMILES string of the molecule is C[C@]1(CO)O[C@H](CI)[C@H](O)C1O. The van der Waals surface area contributed by atoms with E-state index in [4.69, 9.17) is 9.84 Å². The molecular weight excluding hydrogens is 275 g/mol. The third kappa shape index (κ3) is 1.60. The molecule has 1 aliphatic rings. The zero-order valence-corrected chi connectivity index (χ0v) is 8.93. The van der Waals surface area contributed by atoms with Gasteiger partial charge in [-0.3, -0.25) is 0 Å². The van der Waals surface area contributed by atoms with E-state index in [0.29, 0.717) is 4.43 Å². The van der Waals surface area contributed by atoms with Crippen LogP contribution in [0.15, 0.2) is 0 Å². The van der Waals surface area contributed by atoms with Gasteiger partial charge in [0.25, 0.3) is 0 Å². The fraction of sp³-hybridized carbons (Fsp3) is 1.00. The topological polar surface area (TPSA) is 69.9 Å². The number of ether oxygens (including phenoxy) is 1. The summed E-state index contributed by atoms with van der Waals surface area (Å²) in [6.45, 7) is 1.31. The van der Waals surface area contributed by atoms with Crippen molar-refractivity contribution in [2.45, 2.75) is 30.8 Å². The van der Waals surface area contributed by atoms with Gasteiger partial charge in [0.2, 0.25) is 0 Å². The average molecular weight is 288 g/mol. The first kappa shape index (κ1) is 10.6. The van der Waals surface area contributed by atoms with E-state index in [1.165, 1.54) is 0 Å². The van der Waals surface area contributed by atoms with E-state index < -0.39 is 17.8 Å². The van der Waals surface area contributed by atoms with Gasteiger partial charge < -0.3 is 20.1 Å². The molecule has 1 saturated heterocycles. The Bertz CT molecular complexity index is 165. The van der Waals surface area contributed by atoms with Crippen LogP contribution >= 0.6 is 22.6 Å². The molecule has 0 aromatic rings. The molecular formula is C7H13IO4. The van der Waals surface area contributed by atoms with Crippen LogP contribution in [0.1, 0.15) is 6.92 Å². The molecule has 0 bridgehead atoms. The average Bonchev–Trinajstić information content (AvgIpc) is 2.31. The fourth-order valence-electron chi connectivity index (χ4n) is 1.30. The molecule has 72 valence electrons. The lowest BCUT2D eigenvalue weighted by molar-refractivity contribution is -0.0938. The lowest BCUT2D eigenvalue weighted by Crippen LogP contribution is -2.43. The summed E-state index contributed by atoms with van der Waals surface area (Å²) in [4.78, 5) is 0. The zero-order valence-electron chi connectivity index (χ0n) is 6.77. The van der Waals surface area contributed by atoms with Crippen LogP contribution in [0.4, 0.5) is 0 Å². The third-order valence-electron chi connectivity index (χ3n) is 2.22. The van der Waals surface area contributed by atoms with Gasteiger partial charge in [-0.1, -0.05) is 22.6 Å². The van der Waals surface area contributed by atoms with E-state index in [0.717, 1.165) is 0 Å². The molecule has 1 aliphatic heterocycles. The minimum absolute atomic E-state index is 0.279. The van der Waals surface area contributed by atoms with Crippen LogP contribution in [0.3, 0.4) is 0 Å². The molecule has 0 aromatic carbocycles. The molecule has 0 saturated carbocycles. The second-order valence-electron chi connectivity index (χ2n) is 3.22. The molecule has 0 aliphatic carbocycles. The largest absolute Gasteiger partial charge is 0.393 e. The molecule has 1 heterocycles. The van der Waals surface area contributed by atoms with Crippen molar-refractivity contribution in [3.63, 3.8) is 0 Å². The first-order valence-electron chi connectivity index (χ1n) is 3.76. The van der Waals surface area contributed by atoms with Crippen LogP contribution in [-0.4, -0.2) is 50.3 Å². The van der Waals surface area contributed by atoms with Crippen molar-refractivity contribution in [3.05, 3.63) is 0 Å². The molecule has 0 radical (unpaired) electrons. The number of aliphatic hydroxyl groups excluding tert-OH is 3. The van der Waals surface area contributed by atoms with Gasteiger partial charge in [0, 0.05) is 4.43 Å². The van der Waals surface area contributed by atoms with Crippen molar-refractivity contribution in [2.24, 2.45) is 0 Å². The molecule has 3 N–H and O–H groups in total. The molecule has 4 nitrogen and oxygen atoms in total. The van der Waals surface area contributed by atoms with Crippen LogP contribution in [0, 0.1) is 0 Å². The van der Waals surface area contributed by atoms with Crippen molar-refractivity contribution in [2.75, 3.05) is 11.0 Å². The number of halogens is 1. The van der Waals surface area contributed by atoms with E-state index in [1.807, 2.05) is 0 Å². The molecule has 0 aromatic heterocycles. The summed E-state index contributed by atoms with van der Waals surface area (Å²) in [5.41, 5.74) is -1.00. The number of alkyl halides is 1. The number of hydrogen-bond acceptors (Lipinski definition) is 4. The highest BCUT2D eigenvalue weighted by Gasteiger charge is 2.50. The van der Waals surface area contributed by atoms with Crippen molar-refractivity contribution in [1.82, 2.24) is 0 Å². The summed E-state index contributed by atoms with van der Waals surface area (Å²) in [6.07, 6.45) is -2.26. The standard InChI is InChI=1S/C7H13IO4/c1-7(3-9)6(11)5(10)4(2-8)12-7/h4-6,9-11H,2-3H2,1H3/t4-,5+,6?,7-/m1/s1. The number of rotatable bonds is 2. The predicted molar refractivity (Wildman–Crippen MR) is 51.3 cm³/mol. The summed E-state index contributed by atoms with van der Waals surface area (Å²) in [5.74, 6) is 0. The van der Waals surface area contributed by atoms with Gasteiger partial charge >= 0.3 is 0 Å². The maximum atomic E-state index is 9.48. The van der Waals surface area contributed by atoms with Gasteiger partial charge in [0.15, 0.2) is 0 Å². The van der Waals surface area contributed by atoms with E-state index in [9.17, 15) is 10.2 Å². The molecule has 0 spiro atoms. The zero-order chi connectivity index (χ0) is 9.35. The van der Waals surface area contributed by atoms with Gasteiger partial charge in [-0.15, -0.1) is 0 Å². The molecule has 12 heavy (non-hydrogen) atoms. The third-order valence-corrected chi connectivity index (χ3v) is 3.08. The molecule has 1 rings (SSSR count). The number of aliphatic hydroxyl groups is 3. The molecule has 5 heteroatoms. The normalized spacial score (nSPS) is 48.2. The highest BCUT2D eigenvalue weighted by Crippen LogP contribution is 2.31. The van der Waals surface area contributed by atoms with E-state index >= 15 is 0 Å². The maximum absolute atomic E-state index is 9.48. The summed E-state index contributed by atoms with van der Waals surface area (Å²) in [5, 5.41) is 27.8. The van der Waals surface area contributed by atoms with E-state index in [-0.39, 0.29) is 12.7 Å². The minimum atomic E-state index is -1.00. The Labute approximate surface area is 84.7 Å². The van der Waals surface area contributed by atoms with Gasteiger partial charge in [-0.2, -0.15) is 0 Å². The molecule has 0 amide bonds. The summed E-state index contributed by atoms with van der Waals surface area (Å²) in [6, 6.07) is 0. The van der Waals surface area contributed by atoms with Crippen molar-refractivity contribution in [3.8, 4) is 0 Å². The first-order chi connectivity index (χ1) is 5.55. The molecule has 4 atom stereocenters. The minimum Gasteiger partial charge on any atom is -0.393 e. The Morgan fingerprint density at radius 1 is 1.50 bits per heavy atom. The van der Waals surface area contributed by atoms with Gasteiger partial charge in [-0.25, -0.2) is 0 Å². The van der Waals surface area contributed by atoms with Crippen molar-refractivity contribution in [1.29, 1.82) is 0 Å². The van der Waals surface area contributed by atoms with Crippen LogP contribution in [0.5, 0.6) is 0 Å². The lowest BCUT2D eigenvalue weighted by atomic mass is 9.98. The Morgan fingerprint density at radius 3 is 2.33 bits per heavy atom. The van der Waals surface area contributed by atoms with Crippen LogP contribution in [-0.2, 0) is 4.74 Å². The van der Waals surface area contributed by atoms with Crippen LogP contribution in [0.2, 0.25) is 0 Å². The monoisotopic (exact) mass is 288 g/mol. The Morgan fingerprint density at radius 2 is 2.08 bits per heavy atom. The second kappa shape index (κ2) is 3.75. The molecule has 1 fully saturated rings. The lowest BCUT2D eigenvalue weighted by Gasteiger charge is -2.24. The quantitative estimate of drug-likeness (QED) is 0.464. The Balaban J connectivity index is 2.72. The molecule has 1 unspecified atom stereocenters. The number of hydrogen-bond donors (Lipinski definition) is 3. The highest BCUT2D eigenvalue weighted by atomic mass is 127. The summed E-state index contributed by atoms with van der Waals surface area (Å²) < 4.78 is 5.92. The Kier molecular flexibility index (Phi) is 3.33.